The van der Waals surface area contributed by atoms with Crippen molar-refractivity contribution in [1.29, 1.82) is 0 Å². The lowest BCUT2D eigenvalue weighted by Gasteiger charge is -2.06. The molecule has 23 heavy (non-hydrogen) atoms. The van der Waals surface area contributed by atoms with Crippen LogP contribution in [-0.4, -0.2) is 15.7 Å². The zero-order valence-corrected chi connectivity index (χ0v) is 12.7. The Balaban J connectivity index is 1.71. The van der Waals surface area contributed by atoms with Crippen LogP contribution < -0.4 is 5.32 Å². The summed E-state index contributed by atoms with van der Waals surface area (Å²) in [4.78, 5) is 12.4. The van der Waals surface area contributed by atoms with Crippen molar-refractivity contribution in [2.75, 3.05) is 5.32 Å². The quantitative estimate of drug-likeness (QED) is 0.799. The lowest BCUT2D eigenvalue weighted by Crippen LogP contribution is -2.14. The predicted molar refractivity (Wildman–Crippen MR) is 87.0 cm³/mol. The van der Waals surface area contributed by atoms with Gasteiger partial charge in [0.1, 0.15) is 11.6 Å². The molecule has 1 aromatic heterocycles. The Kier molecular flexibility index (Phi) is 3.15. The number of aryl methyl sites for hydroxylation is 1. The molecule has 1 aliphatic carbocycles. The molecule has 4 nitrogen and oxygen atoms in total. The smallest absolute Gasteiger partial charge is 0.256 e. The van der Waals surface area contributed by atoms with Crippen LogP contribution in [0.15, 0.2) is 42.5 Å². The van der Waals surface area contributed by atoms with Gasteiger partial charge in [-0.05, 0) is 54.7 Å². The van der Waals surface area contributed by atoms with Crippen LogP contribution in [0.5, 0.6) is 0 Å². The van der Waals surface area contributed by atoms with Gasteiger partial charge in [-0.2, -0.15) is 5.10 Å². The number of halogens is 1. The van der Waals surface area contributed by atoms with Gasteiger partial charge >= 0.3 is 0 Å². The van der Waals surface area contributed by atoms with Gasteiger partial charge in [-0.25, -0.2) is 4.39 Å². The van der Waals surface area contributed by atoms with Gasteiger partial charge in [0.05, 0.1) is 5.52 Å². The van der Waals surface area contributed by atoms with Crippen LogP contribution in [0.25, 0.3) is 10.9 Å². The van der Waals surface area contributed by atoms with Gasteiger partial charge < -0.3 is 5.32 Å². The standard InChI is InChI=1S/C18H16FN3O/c1-22-17(20-18(23)12-7-9-13(19)10-8-12)15-4-2-3-14(11-5-6-11)16(15)21-22/h2-4,7-11H,5-6H2,1H3,(H,20,23). The Morgan fingerprint density at radius 1 is 1.22 bits per heavy atom. The first-order valence-electron chi connectivity index (χ1n) is 7.66. The van der Waals surface area contributed by atoms with Crippen molar-refractivity contribution in [1.82, 2.24) is 9.78 Å². The number of nitrogens with one attached hydrogen (secondary N) is 1. The molecular formula is C18H16FN3O. The van der Waals surface area contributed by atoms with Crippen molar-refractivity contribution in [2.24, 2.45) is 7.05 Å². The number of anilines is 1. The zero-order valence-electron chi connectivity index (χ0n) is 12.7. The van der Waals surface area contributed by atoms with Crippen molar-refractivity contribution in [3.63, 3.8) is 0 Å². The molecule has 1 heterocycles. The van der Waals surface area contributed by atoms with Crippen LogP contribution in [0, 0.1) is 5.82 Å². The summed E-state index contributed by atoms with van der Waals surface area (Å²) >= 11 is 0. The summed E-state index contributed by atoms with van der Waals surface area (Å²) in [5, 5.41) is 8.41. The summed E-state index contributed by atoms with van der Waals surface area (Å²) in [5.41, 5.74) is 2.62. The van der Waals surface area contributed by atoms with Crippen molar-refractivity contribution < 1.29 is 9.18 Å². The van der Waals surface area contributed by atoms with E-state index in [4.69, 9.17) is 0 Å². The number of aromatic nitrogens is 2. The van der Waals surface area contributed by atoms with Gasteiger partial charge in [0, 0.05) is 18.0 Å². The van der Waals surface area contributed by atoms with E-state index in [1.165, 1.54) is 42.7 Å². The third kappa shape index (κ3) is 2.48. The molecule has 1 aliphatic rings. The molecule has 2 aromatic carbocycles. The van der Waals surface area contributed by atoms with Crippen molar-refractivity contribution in [2.45, 2.75) is 18.8 Å². The summed E-state index contributed by atoms with van der Waals surface area (Å²) in [5.74, 6) is 0.624. The first kappa shape index (κ1) is 13.9. The molecule has 116 valence electrons. The van der Waals surface area contributed by atoms with E-state index < -0.39 is 0 Å². The predicted octanol–water partition coefficient (Wildman–Crippen LogP) is 3.84. The average Bonchev–Trinajstić information content (AvgIpc) is 3.33. The summed E-state index contributed by atoms with van der Waals surface area (Å²) < 4.78 is 14.7. The lowest BCUT2D eigenvalue weighted by atomic mass is 10.1. The minimum absolute atomic E-state index is 0.272. The third-order valence-corrected chi connectivity index (χ3v) is 4.25. The second-order valence-corrected chi connectivity index (χ2v) is 5.95. The molecular weight excluding hydrogens is 293 g/mol. The maximum atomic E-state index is 13.0. The van der Waals surface area contributed by atoms with E-state index in [0.717, 1.165) is 10.9 Å². The fourth-order valence-corrected chi connectivity index (χ4v) is 2.89. The van der Waals surface area contributed by atoms with Crippen LogP contribution in [-0.2, 0) is 7.05 Å². The van der Waals surface area contributed by atoms with E-state index >= 15 is 0 Å². The largest absolute Gasteiger partial charge is 0.306 e. The number of fused-ring (bicyclic) bond motifs is 1. The Morgan fingerprint density at radius 2 is 1.96 bits per heavy atom. The monoisotopic (exact) mass is 309 g/mol. The fraction of sp³-hybridized carbons (Fsp3) is 0.222. The molecule has 4 rings (SSSR count). The molecule has 5 heteroatoms. The zero-order chi connectivity index (χ0) is 16.0. The molecule has 0 atom stereocenters. The van der Waals surface area contributed by atoms with E-state index in [2.05, 4.69) is 16.5 Å². The van der Waals surface area contributed by atoms with Crippen molar-refractivity contribution in [3.05, 3.63) is 59.4 Å². The summed E-state index contributed by atoms with van der Waals surface area (Å²) in [6.07, 6.45) is 2.40. The number of benzene rings is 2. The number of amides is 1. The van der Waals surface area contributed by atoms with Gasteiger partial charge in [-0.15, -0.1) is 0 Å². The molecule has 1 saturated carbocycles. The number of hydrogen-bond donors (Lipinski definition) is 1. The highest BCUT2D eigenvalue weighted by atomic mass is 19.1. The SMILES string of the molecule is Cn1nc2c(C3CC3)cccc2c1NC(=O)c1ccc(F)cc1. The highest BCUT2D eigenvalue weighted by Gasteiger charge is 2.27. The Hall–Kier alpha value is -2.69. The number of rotatable bonds is 3. The van der Waals surface area contributed by atoms with E-state index in [0.29, 0.717) is 17.3 Å². The first-order valence-corrected chi connectivity index (χ1v) is 7.66. The molecule has 0 aliphatic heterocycles. The summed E-state index contributed by atoms with van der Waals surface area (Å²) in [6, 6.07) is 11.6. The molecule has 0 saturated heterocycles. The minimum Gasteiger partial charge on any atom is -0.306 e. The highest BCUT2D eigenvalue weighted by molar-refractivity contribution is 6.08. The van der Waals surface area contributed by atoms with E-state index in [1.807, 2.05) is 19.2 Å². The Labute approximate surface area is 132 Å². The second kappa shape index (κ2) is 5.19. The minimum atomic E-state index is -0.360. The number of carbonyl (C=O) groups excluding carboxylic acids is 1. The van der Waals surface area contributed by atoms with Gasteiger partial charge in [0.25, 0.3) is 5.91 Å². The van der Waals surface area contributed by atoms with E-state index in [9.17, 15) is 9.18 Å². The number of nitrogens with zero attached hydrogens (tertiary/aromatic N) is 2. The molecule has 1 N–H and O–H groups in total. The number of hydrogen-bond acceptors (Lipinski definition) is 2. The van der Waals surface area contributed by atoms with Gasteiger partial charge in [0.15, 0.2) is 0 Å². The maximum Gasteiger partial charge on any atom is 0.256 e. The van der Waals surface area contributed by atoms with E-state index in [-0.39, 0.29) is 11.7 Å². The topological polar surface area (TPSA) is 46.9 Å². The summed E-state index contributed by atoms with van der Waals surface area (Å²) in [6.45, 7) is 0. The fourth-order valence-electron chi connectivity index (χ4n) is 2.89. The van der Waals surface area contributed by atoms with Gasteiger partial charge in [-0.3, -0.25) is 9.48 Å². The number of carbonyl (C=O) groups is 1. The molecule has 1 fully saturated rings. The normalized spacial score (nSPS) is 14.2. The lowest BCUT2D eigenvalue weighted by molar-refractivity contribution is 0.102. The highest BCUT2D eigenvalue weighted by Crippen LogP contribution is 2.43. The molecule has 0 unspecified atom stereocenters. The molecule has 3 aromatic rings. The van der Waals surface area contributed by atoms with Crippen molar-refractivity contribution >= 4 is 22.6 Å². The van der Waals surface area contributed by atoms with Crippen LogP contribution in [0.3, 0.4) is 0 Å². The van der Waals surface area contributed by atoms with E-state index in [1.54, 1.807) is 4.68 Å². The third-order valence-electron chi connectivity index (χ3n) is 4.25. The Morgan fingerprint density at radius 3 is 2.65 bits per heavy atom. The second-order valence-electron chi connectivity index (χ2n) is 5.95. The van der Waals surface area contributed by atoms with Gasteiger partial charge in [0.2, 0.25) is 0 Å². The molecule has 0 radical (unpaired) electrons. The Bertz CT molecular complexity index is 895. The van der Waals surface area contributed by atoms with Crippen LogP contribution in [0.4, 0.5) is 10.2 Å². The van der Waals surface area contributed by atoms with Crippen molar-refractivity contribution in [3.8, 4) is 0 Å². The average molecular weight is 309 g/mol. The summed E-state index contributed by atoms with van der Waals surface area (Å²) in [7, 11) is 1.82. The molecule has 0 bridgehead atoms. The molecule has 0 spiro atoms. The van der Waals surface area contributed by atoms with Crippen LogP contribution >= 0.6 is 0 Å². The first-order chi connectivity index (χ1) is 11.1. The maximum absolute atomic E-state index is 13.0. The van der Waals surface area contributed by atoms with Crippen LogP contribution in [0.2, 0.25) is 0 Å². The van der Waals surface area contributed by atoms with Crippen LogP contribution in [0.1, 0.15) is 34.7 Å². The van der Waals surface area contributed by atoms with Gasteiger partial charge in [-0.1, -0.05) is 12.1 Å². The molecule has 1 amide bonds.